The largest absolute Gasteiger partial charge is 0.313 e. The Kier molecular flexibility index (Phi) is 4.96. The number of aromatic nitrogens is 1. The van der Waals surface area contributed by atoms with Crippen molar-refractivity contribution >= 4 is 43.8 Å². The Morgan fingerprint density at radius 2 is 1.88 bits per heavy atom. The van der Waals surface area contributed by atoms with E-state index in [0.717, 1.165) is 32.2 Å². The molecule has 32 heavy (non-hydrogen) atoms. The summed E-state index contributed by atoms with van der Waals surface area (Å²) in [5, 5.41) is 8.46. The molecule has 0 fully saturated rings. The number of thiophene rings is 1. The van der Waals surface area contributed by atoms with Crippen LogP contribution in [0.1, 0.15) is 48.5 Å². The monoisotopic (exact) mass is 465 g/mol. The number of carbonyl (C=O) groups is 1. The van der Waals surface area contributed by atoms with Gasteiger partial charge >= 0.3 is 0 Å². The van der Waals surface area contributed by atoms with Gasteiger partial charge in [-0.25, -0.2) is 9.37 Å². The molecule has 0 spiro atoms. The summed E-state index contributed by atoms with van der Waals surface area (Å²) < 4.78 is 14.8. The summed E-state index contributed by atoms with van der Waals surface area (Å²) in [5.74, 6) is -0.753. The minimum atomic E-state index is -0.429. The number of hydrogen-bond acceptors (Lipinski definition) is 5. The van der Waals surface area contributed by atoms with Crippen LogP contribution >= 0.6 is 22.7 Å². The third-order valence-electron chi connectivity index (χ3n) is 5.67. The molecule has 2 aromatic carbocycles. The van der Waals surface area contributed by atoms with Gasteiger partial charge in [-0.3, -0.25) is 4.79 Å². The first kappa shape index (κ1) is 21.2. The van der Waals surface area contributed by atoms with Gasteiger partial charge in [-0.05, 0) is 70.0 Å². The average molecular weight is 466 g/mol. The van der Waals surface area contributed by atoms with Crippen LogP contribution in [0.5, 0.6) is 0 Å². The van der Waals surface area contributed by atoms with Gasteiger partial charge in [0.2, 0.25) is 0 Å². The Hall–Kier alpha value is -2.61. The van der Waals surface area contributed by atoms with Crippen LogP contribution in [0.4, 0.5) is 9.39 Å². The lowest BCUT2D eigenvalue weighted by atomic mass is 9.81. The number of thiazole rings is 1. The minimum Gasteiger partial charge on any atom is -0.313 e. The van der Waals surface area contributed by atoms with Crippen LogP contribution in [0.25, 0.3) is 20.8 Å². The van der Waals surface area contributed by atoms with E-state index in [-0.39, 0.29) is 17.0 Å². The van der Waals surface area contributed by atoms with E-state index in [4.69, 9.17) is 4.98 Å². The van der Waals surface area contributed by atoms with Crippen molar-refractivity contribution in [1.29, 1.82) is 0 Å². The van der Waals surface area contributed by atoms with Crippen LogP contribution in [-0.4, -0.2) is 16.4 Å². The highest BCUT2D eigenvalue weighted by atomic mass is 32.1. The normalized spacial score (nSPS) is 16.7. The second kappa shape index (κ2) is 7.47. The molecule has 7 heteroatoms. The Labute approximate surface area is 194 Å². The number of anilines is 1. The molecule has 0 bridgehead atoms. The summed E-state index contributed by atoms with van der Waals surface area (Å²) in [7, 11) is 0. The summed E-state index contributed by atoms with van der Waals surface area (Å²) in [5.41, 5.74) is 3.09. The highest BCUT2D eigenvalue weighted by molar-refractivity contribution is 7.23. The zero-order valence-corrected chi connectivity index (χ0v) is 20.0. The molecule has 2 aromatic heterocycles. The number of fused-ring (bicyclic) bond motifs is 2. The fourth-order valence-corrected chi connectivity index (χ4v) is 7.01. The van der Waals surface area contributed by atoms with E-state index in [1.807, 2.05) is 18.2 Å². The van der Waals surface area contributed by atoms with E-state index < -0.39 is 5.82 Å². The highest BCUT2D eigenvalue weighted by Crippen LogP contribution is 2.50. The van der Waals surface area contributed by atoms with Crippen LogP contribution in [0.3, 0.4) is 0 Å². The van der Waals surface area contributed by atoms with Crippen molar-refractivity contribution < 1.29 is 9.18 Å². The standard InChI is InChI=1S/C25H24FN3OS2/c1-24(2)13-16-19(22-27-17-10-5-6-11-18(17)31-22)23(32-20(16)25(3,4)29-24)28-21(30)14-8-7-9-15(26)12-14/h5-12,29H,13H2,1-4H3,(H,28,30). The Balaban J connectivity index is 1.68. The maximum absolute atomic E-state index is 13.7. The number of amides is 1. The minimum absolute atomic E-state index is 0.104. The van der Waals surface area contributed by atoms with E-state index in [0.29, 0.717) is 5.56 Å². The summed E-state index contributed by atoms with van der Waals surface area (Å²) in [4.78, 5) is 19.1. The quantitative estimate of drug-likeness (QED) is 0.359. The molecule has 0 aliphatic carbocycles. The number of halogens is 1. The number of nitrogens with one attached hydrogen (secondary N) is 2. The summed E-state index contributed by atoms with van der Waals surface area (Å²) >= 11 is 3.21. The highest BCUT2D eigenvalue weighted by Gasteiger charge is 2.41. The average Bonchev–Trinajstić information content (AvgIpc) is 3.27. The Bertz CT molecular complexity index is 1320. The Morgan fingerprint density at radius 3 is 2.62 bits per heavy atom. The molecule has 0 saturated carbocycles. The molecule has 4 aromatic rings. The van der Waals surface area contributed by atoms with E-state index in [1.165, 1.54) is 22.6 Å². The van der Waals surface area contributed by atoms with Crippen LogP contribution in [0, 0.1) is 5.82 Å². The van der Waals surface area contributed by atoms with Gasteiger partial charge in [0.05, 0.1) is 10.2 Å². The van der Waals surface area contributed by atoms with Gasteiger partial charge in [-0.2, -0.15) is 0 Å². The molecule has 0 saturated heterocycles. The predicted molar refractivity (Wildman–Crippen MR) is 131 cm³/mol. The zero-order chi connectivity index (χ0) is 22.7. The van der Waals surface area contributed by atoms with Crippen LogP contribution in [0.2, 0.25) is 0 Å². The molecule has 1 aliphatic heterocycles. The summed E-state index contributed by atoms with van der Waals surface area (Å²) in [6.45, 7) is 8.73. The maximum atomic E-state index is 13.7. The van der Waals surface area contributed by atoms with Crippen molar-refractivity contribution in [3.05, 3.63) is 70.4 Å². The van der Waals surface area contributed by atoms with E-state index >= 15 is 0 Å². The first-order valence-electron chi connectivity index (χ1n) is 10.5. The van der Waals surface area contributed by atoms with Gasteiger partial charge in [0, 0.05) is 27.1 Å². The van der Waals surface area contributed by atoms with Crippen molar-refractivity contribution in [3.8, 4) is 10.6 Å². The van der Waals surface area contributed by atoms with E-state index in [2.05, 4.69) is 44.4 Å². The van der Waals surface area contributed by atoms with Crippen molar-refractivity contribution in [2.45, 2.75) is 45.2 Å². The first-order chi connectivity index (χ1) is 15.1. The molecule has 2 N–H and O–H groups in total. The molecule has 164 valence electrons. The molecule has 1 amide bonds. The maximum Gasteiger partial charge on any atom is 0.256 e. The molecular weight excluding hydrogens is 441 g/mol. The molecule has 1 aliphatic rings. The number of rotatable bonds is 3. The lowest BCUT2D eigenvalue weighted by Gasteiger charge is -2.42. The number of carbonyl (C=O) groups excluding carboxylic acids is 1. The van der Waals surface area contributed by atoms with Gasteiger partial charge < -0.3 is 10.6 Å². The van der Waals surface area contributed by atoms with Gasteiger partial charge in [0.15, 0.2) is 0 Å². The first-order valence-corrected chi connectivity index (χ1v) is 12.1. The fourth-order valence-electron chi connectivity index (χ4n) is 4.63. The van der Waals surface area contributed by atoms with Gasteiger partial charge in [-0.15, -0.1) is 22.7 Å². The van der Waals surface area contributed by atoms with Crippen molar-refractivity contribution in [2.75, 3.05) is 5.32 Å². The summed E-state index contributed by atoms with van der Waals surface area (Å²) in [6.07, 6.45) is 0.823. The van der Waals surface area contributed by atoms with Crippen LogP contribution < -0.4 is 10.6 Å². The molecule has 0 unspecified atom stereocenters. The SMILES string of the molecule is CC1(C)Cc2c(sc(NC(=O)c3cccc(F)c3)c2-c2nc3ccccc3s2)C(C)(C)N1. The summed E-state index contributed by atoms with van der Waals surface area (Å²) in [6, 6.07) is 13.8. The van der Waals surface area contributed by atoms with Crippen LogP contribution in [-0.2, 0) is 12.0 Å². The van der Waals surface area contributed by atoms with Crippen molar-refractivity contribution in [2.24, 2.45) is 0 Å². The van der Waals surface area contributed by atoms with E-state index in [1.54, 1.807) is 34.8 Å². The lowest BCUT2D eigenvalue weighted by molar-refractivity contribution is 0.102. The molecule has 3 heterocycles. The molecule has 5 rings (SSSR count). The van der Waals surface area contributed by atoms with Crippen molar-refractivity contribution in [3.63, 3.8) is 0 Å². The van der Waals surface area contributed by atoms with Crippen molar-refractivity contribution in [1.82, 2.24) is 10.3 Å². The topological polar surface area (TPSA) is 54.0 Å². The third-order valence-corrected chi connectivity index (χ3v) is 8.19. The molecule has 4 nitrogen and oxygen atoms in total. The lowest BCUT2D eigenvalue weighted by Crippen LogP contribution is -2.54. The van der Waals surface area contributed by atoms with E-state index in [9.17, 15) is 9.18 Å². The molecule has 0 atom stereocenters. The van der Waals surface area contributed by atoms with Gasteiger partial charge in [0.1, 0.15) is 15.8 Å². The molecule has 0 radical (unpaired) electrons. The number of nitrogens with zero attached hydrogens (tertiary/aromatic N) is 1. The number of para-hydroxylation sites is 1. The predicted octanol–water partition coefficient (Wildman–Crippen LogP) is 6.58. The second-order valence-corrected chi connectivity index (χ2v) is 11.4. The zero-order valence-electron chi connectivity index (χ0n) is 18.4. The Morgan fingerprint density at radius 1 is 1.09 bits per heavy atom. The van der Waals surface area contributed by atoms with Gasteiger partial charge in [-0.1, -0.05) is 18.2 Å². The fraction of sp³-hybridized carbons (Fsp3) is 0.280. The van der Waals surface area contributed by atoms with Crippen LogP contribution in [0.15, 0.2) is 48.5 Å². The smallest absolute Gasteiger partial charge is 0.256 e. The van der Waals surface area contributed by atoms with Gasteiger partial charge in [0.25, 0.3) is 5.91 Å². The second-order valence-electron chi connectivity index (χ2n) is 9.38. The third kappa shape index (κ3) is 3.74. The number of benzene rings is 2. The molecular formula is C25H24FN3OS2. The number of hydrogen-bond donors (Lipinski definition) is 2.